The number of hydrogen-bond acceptors (Lipinski definition) is 7. The van der Waals surface area contributed by atoms with Crippen molar-refractivity contribution in [3.63, 3.8) is 0 Å². The smallest absolute Gasteiger partial charge is 0.329 e. The van der Waals surface area contributed by atoms with Crippen LogP contribution in [0, 0.1) is 0 Å². The van der Waals surface area contributed by atoms with Crippen LogP contribution in [-0.4, -0.2) is 44.7 Å². The van der Waals surface area contributed by atoms with Crippen molar-refractivity contribution in [3.8, 4) is 11.5 Å². The summed E-state index contributed by atoms with van der Waals surface area (Å²) in [6.45, 7) is -0.554. The molecule has 0 aliphatic heterocycles. The van der Waals surface area contributed by atoms with Crippen LogP contribution >= 0.6 is 0 Å². The molecule has 1 aromatic heterocycles. The molecule has 9 nitrogen and oxygen atoms in total. The molecule has 1 heterocycles. The molecule has 3 rings (SSSR count). The van der Waals surface area contributed by atoms with Gasteiger partial charge in [-0.05, 0) is 29.8 Å². The maximum absolute atomic E-state index is 12.7. The summed E-state index contributed by atoms with van der Waals surface area (Å²) >= 11 is 0. The minimum absolute atomic E-state index is 0.0590. The molecule has 0 aliphatic carbocycles. The zero-order valence-electron chi connectivity index (χ0n) is 18.2. The van der Waals surface area contributed by atoms with Gasteiger partial charge in [0.2, 0.25) is 0 Å². The molecule has 9 heteroatoms. The standard InChI is InChI=1S/C24H24N2O7/c1-30-17-10-11-20(31-2)18(14-17)25-22(27)15-33-24(29)19(13-16-7-4-3-5-8-16)26-23(28)21-9-6-12-32-21/h3-12,14,19H,13,15H2,1-2H3,(H,25,27)(H,26,28)/t19-/m0/s1. The van der Waals surface area contributed by atoms with Gasteiger partial charge in [-0.1, -0.05) is 30.3 Å². The molecule has 0 aliphatic rings. The molecule has 1 atom stereocenters. The van der Waals surface area contributed by atoms with E-state index in [1.807, 2.05) is 30.3 Å². The van der Waals surface area contributed by atoms with E-state index in [0.717, 1.165) is 5.56 Å². The lowest BCUT2D eigenvalue weighted by atomic mass is 10.1. The van der Waals surface area contributed by atoms with E-state index in [1.165, 1.54) is 26.5 Å². The third-order valence-corrected chi connectivity index (χ3v) is 4.64. The highest BCUT2D eigenvalue weighted by molar-refractivity contribution is 5.96. The number of furan rings is 1. The van der Waals surface area contributed by atoms with E-state index < -0.39 is 30.4 Å². The molecule has 0 saturated heterocycles. The van der Waals surface area contributed by atoms with Crippen LogP contribution in [0.5, 0.6) is 11.5 Å². The van der Waals surface area contributed by atoms with E-state index in [9.17, 15) is 14.4 Å². The molecule has 0 bridgehead atoms. The zero-order chi connectivity index (χ0) is 23.6. The summed E-state index contributed by atoms with van der Waals surface area (Å²) in [5.74, 6) is -0.904. The van der Waals surface area contributed by atoms with E-state index in [4.69, 9.17) is 18.6 Å². The van der Waals surface area contributed by atoms with Crippen LogP contribution < -0.4 is 20.1 Å². The number of hydrogen-bond donors (Lipinski definition) is 2. The van der Waals surface area contributed by atoms with Crippen molar-refractivity contribution in [2.45, 2.75) is 12.5 Å². The molecule has 0 saturated carbocycles. The second-order valence-corrected chi connectivity index (χ2v) is 6.92. The second kappa shape index (κ2) is 11.4. The maximum atomic E-state index is 12.7. The first-order chi connectivity index (χ1) is 16.0. The number of rotatable bonds is 10. The number of anilines is 1. The topological polar surface area (TPSA) is 116 Å². The Labute approximate surface area is 190 Å². The average Bonchev–Trinajstić information content (AvgIpc) is 3.38. The average molecular weight is 452 g/mol. The first-order valence-corrected chi connectivity index (χ1v) is 10.1. The lowest BCUT2D eigenvalue weighted by molar-refractivity contribution is -0.149. The predicted octanol–water partition coefficient (Wildman–Crippen LogP) is 2.82. The number of carbonyl (C=O) groups excluding carboxylic acids is 3. The fraction of sp³-hybridized carbons (Fsp3) is 0.208. The monoisotopic (exact) mass is 452 g/mol. The minimum Gasteiger partial charge on any atom is -0.497 e. The van der Waals surface area contributed by atoms with E-state index in [0.29, 0.717) is 17.2 Å². The second-order valence-electron chi connectivity index (χ2n) is 6.92. The summed E-state index contributed by atoms with van der Waals surface area (Å²) in [4.78, 5) is 37.5. The molecule has 0 radical (unpaired) electrons. The lowest BCUT2D eigenvalue weighted by Crippen LogP contribution is -2.44. The SMILES string of the molecule is COc1ccc(OC)c(NC(=O)COC(=O)[C@H](Cc2ccccc2)NC(=O)c2ccco2)c1. The molecular weight excluding hydrogens is 428 g/mol. The molecule has 0 spiro atoms. The normalized spacial score (nSPS) is 11.2. The highest BCUT2D eigenvalue weighted by Crippen LogP contribution is 2.28. The molecule has 2 amide bonds. The van der Waals surface area contributed by atoms with E-state index >= 15 is 0 Å². The van der Waals surface area contributed by atoms with Gasteiger partial charge in [-0.3, -0.25) is 9.59 Å². The van der Waals surface area contributed by atoms with Crippen molar-refractivity contribution in [3.05, 3.63) is 78.3 Å². The van der Waals surface area contributed by atoms with Gasteiger partial charge < -0.3 is 29.3 Å². The third-order valence-electron chi connectivity index (χ3n) is 4.64. The van der Waals surface area contributed by atoms with Gasteiger partial charge in [0.15, 0.2) is 12.4 Å². The van der Waals surface area contributed by atoms with Crippen LogP contribution in [-0.2, 0) is 20.7 Å². The Morgan fingerprint density at radius 1 is 0.970 bits per heavy atom. The molecule has 33 heavy (non-hydrogen) atoms. The maximum Gasteiger partial charge on any atom is 0.329 e. The summed E-state index contributed by atoms with van der Waals surface area (Å²) in [6, 6.07) is 16.1. The van der Waals surface area contributed by atoms with Crippen molar-refractivity contribution in [2.24, 2.45) is 0 Å². The van der Waals surface area contributed by atoms with Crippen molar-refractivity contribution >= 4 is 23.5 Å². The first-order valence-electron chi connectivity index (χ1n) is 10.1. The summed E-state index contributed by atoms with van der Waals surface area (Å²) in [7, 11) is 2.96. The van der Waals surface area contributed by atoms with E-state index in [-0.39, 0.29) is 12.2 Å². The van der Waals surface area contributed by atoms with Gasteiger partial charge in [-0.2, -0.15) is 0 Å². The number of benzene rings is 2. The van der Waals surface area contributed by atoms with Crippen LogP contribution in [0.1, 0.15) is 16.1 Å². The minimum atomic E-state index is -1.02. The van der Waals surface area contributed by atoms with Gasteiger partial charge in [0.1, 0.15) is 17.5 Å². The summed E-state index contributed by atoms with van der Waals surface area (Å²) in [5, 5.41) is 5.22. The van der Waals surface area contributed by atoms with Crippen LogP contribution in [0.3, 0.4) is 0 Å². The van der Waals surface area contributed by atoms with Crippen LogP contribution in [0.4, 0.5) is 5.69 Å². The van der Waals surface area contributed by atoms with Gasteiger partial charge >= 0.3 is 5.97 Å². The highest BCUT2D eigenvalue weighted by Gasteiger charge is 2.25. The van der Waals surface area contributed by atoms with E-state index in [2.05, 4.69) is 10.6 Å². The van der Waals surface area contributed by atoms with Crippen molar-refractivity contribution in [1.82, 2.24) is 5.32 Å². The Kier molecular flexibility index (Phi) is 8.07. The summed E-state index contributed by atoms with van der Waals surface area (Å²) < 4.78 is 20.6. The van der Waals surface area contributed by atoms with Crippen LogP contribution in [0.2, 0.25) is 0 Å². The number of methoxy groups -OCH3 is 2. The number of nitrogens with one attached hydrogen (secondary N) is 2. The molecule has 0 fully saturated rings. The summed E-state index contributed by atoms with van der Waals surface area (Å²) in [5.41, 5.74) is 1.18. The summed E-state index contributed by atoms with van der Waals surface area (Å²) in [6.07, 6.45) is 1.54. The molecule has 2 aromatic carbocycles. The number of ether oxygens (including phenoxy) is 3. The predicted molar refractivity (Wildman–Crippen MR) is 119 cm³/mol. The Morgan fingerprint density at radius 2 is 1.76 bits per heavy atom. The first kappa shape index (κ1) is 23.4. The van der Waals surface area contributed by atoms with Gasteiger partial charge in [-0.25, -0.2) is 4.79 Å². The van der Waals surface area contributed by atoms with Gasteiger partial charge in [0.25, 0.3) is 11.8 Å². The van der Waals surface area contributed by atoms with Gasteiger partial charge in [0.05, 0.1) is 26.2 Å². The quantitative estimate of drug-likeness (QED) is 0.455. The molecule has 0 unspecified atom stereocenters. The Hall–Kier alpha value is -4.27. The number of carbonyl (C=O) groups is 3. The lowest BCUT2D eigenvalue weighted by Gasteiger charge is -2.17. The van der Waals surface area contributed by atoms with Gasteiger partial charge in [-0.15, -0.1) is 0 Å². The van der Waals surface area contributed by atoms with Gasteiger partial charge in [0, 0.05) is 12.5 Å². The largest absolute Gasteiger partial charge is 0.497 e. The fourth-order valence-corrected chi connectivity index (χ4v) is 3.02. The zero-order valence-corrected chi connectivity index (χ0v) is 18.2. The van der Waals surface area contributed by atoms with Crippen molar-refractivity contribution in [1.29, 1.82) is 0 Å². The van der Waals surface area contributed by atoms with Crippen molar-refractivity contribution in [2.75, 3.05) is 26.1 Å². The number of esters is 1. The Balaban J connectivity index is 1.64. The number of amides is 2. The van der Waals surface area contributed by atoms with Crippen LogP contribution in [0.25, 0.3) is 0 Å². The molecule has 2 N–H and O–H groups in total. The molecule has 172 valence electrons. The Morgan fingerprint density at radius 3 is 2.42 bits per heavy atom. The molecular formula is C24H24N2O7. The Bertz CT molecular complexity index is 1080. The van der Waals surface area contributed by atoms with Crippen molar-refractivity contribution < 1.29 is 33.0 Å². The fourth-order valence-electron chi connectivity index (χ4n) is 3.02. The van der Waals surface area contributed by atoms with Crippen LogP contribution in [0.15, 0.2) is 71.3 Å². The van der Waals surface area contributed by atoms with E-state index in [1.54, 1.807) is 24.3 Å². The third kappa shape index (κ3) is 6.60. The highest BCUT2D eigenvalue weighted by atomic mass is 16.5. The molecule has 3 aromatic rings.